The number of hydrogen-bond acceptors (Lipinski definition) is 3. The molecule has 4 rings (SSSR count). The molecule has 1 fully saturated rings. The summed E-state index contributed by atoms with van der Waals surface area (Å²) in [5.41, 5.74) is 1.95. The van der Waals surface area contributed by atoms with Crippen LogP contribution in [0.3, 0.4) is 0 Å². The molecule has 2 atom stereocenters. The number of halogens is 2. The van der Waals surface area contributed by atoms with Crippen molar-refractivity contribution in [2.24, 2.45) is 11.3 Å². The summed E-state index contributed by atoms with van der Waals surface area (Å²) in [6.45, 7) is 4.08. The van der Waals surface area contributed by atoms with Crippen molar-refractivity contribution >= 4 is 17.6 Å². The van der Waals surface area contributed by atoms with E-state index in [1.165, 1.54) is 12.1 Å². The average Bonchev–Trinajstić information content (AvgIpc) is 3.02. The summed E-state index contributed by atoms with van der Waals surface area (Å²) >= 11 is 5.93. The minimum Gasteiger partial charge on any atom is -0.489 e. The van der Waals surface area contributed by atoms with Gasteiger partial charge in [-0.05, 0) is 60.0 Å². The second-order valence-corrected chi connectivity index (χ2v) is 8.66. The minimum atomic E-state index is -0.355. The Balaban J connectivity index is 1.30. The number of ether oxygens (including phenoxy) is 2. The van der Waals surface area contributed by atoms with Gasteiger partial charge in [-0.2, -0.15) is 0 Å². The Kier molecular flexibility index (Phi) is 5.56. The fourth-order valence-electron chi connectivity index (χ4n) is 3.64. The molecule has 0 radical (unpaired) electrons. The first-order valence-electron chi connectivity index (χ1n) is 9.81. The molecule has 2 aromatic carbocycles. The Hall–Kier alpha value is -2.79. The fourth-order valence-corrected chi connectivity index (χ4v) is 3.77. The topological polar surface area (TPSA) is 40.5 Å². The zero-order chi connectivity index (χ0) is 21.3. The molecule has 0 spiro atoms. The van der Waals surface area contributed by atoms with E-state index in [2.05, 4.69) is 0 Å². The Labute approximate surface area is 180 Å². The lowest BCUT2D eigenvalue weighted by atomic mass is 10.1. The largest absolute Gasteiger partial charge is 0.489 e. The van der Waals surface area contributed by atoms with Crippen LogP contribution in [0.25, 0.3) is 0 Å². The van der Waals surface area contributed by atoms with E-state index < -0.39 is 0 Å². The zero-order valence-corrected chi connectivity index (χ0v) is 17.6. The quantitative estimate of drug-likeness (QED) is 0.469. The molecule has 1 aliphatic carbocycles. The van der Waals surface area contributed by atoms with E-state index in [9.17, 15) is 9.18 Å². The van der Waals surface area contributed by atoms with E-state index in [-0.39, 0.29) is 36.0 Å². The lowest BCUT2D eigenvalue weighted by Gasteiger charge is -2.07. The molecule has 30 heavy (non-hydrogen) atoms. The van der Waals surface area contributed by atoms with Gasteiger partial charge >= 0.3 is 5.97 Å². The van der Waals surface area contributed by atoms with Crippen LogP contribution < -0.4 is 4.74 Å². The normalized spacial score (nSPS) is 19.3. The number of aromatic nitrogens is 1. The van der Waals surface area contributed by atoms with Gasteiger partial charge < -0.3 is 14.0 Å². The van der Waals surface area contributed by atoms with Crippen molar-refractivity contribution in [1.29, 1.82) is 0 Å². The van der Waals surface area contributed by atoms with Crippen LogP contribution in [0.1, 0.15) is 25.0 Å². The third-order valence-electron chi connectivity index (χ3n) is 5.55. The SMILES string of the molecule is CC1(C)C(Oc2ccc(F)cc2)C1C(=O)OCn1ccc(Cc2ccc(Cl)cc2)c1. The Morgan fingerprint density at radius 2 is 1.77 bits per heavy atom. The number of carbonyl (C=O) groups is 1. The van der Waals surface area contributed by atoms with Crippen LogP contribution in [0.2, 0.25) is 5.02 Å². The second kappa shape index (κ2) is 8.15. The molecule has 1 aromatic heterocycles. The first-order chi connectivity index (χ1) is 14.3. The molecule has 6 heteroatoms. The van der Waals surface area contributed by atoms with Gasteiger partial charge in [0.1, 0.15) is 23.6 Å². The molecule has 0 saturated heterocycles. The summed E-state index contributed by atoms with van der Waals surface area (Å²) in [6.07, 6.45) is 4.34. The van der Waals surface area contributed by atoms with E-state index in [0.717, 1.165) is 17.5 Å². The number of carbonyl (C=O) groups excluding carboxylic acids is 1. The second-order valence-electron chi connectivity index (χ2n) is 8.22. The summed E-state index contributed by atoms with van der Waals surface area (Å²) in [7, 11) is 0. The van der Waals surface area contributed by atoms with Crippen LogP contribution in [0.5, 0.6) is 5.75 Å². The van der Waals surface area contributed by atoms with Crippen molar-refractivity contribution in [2.75, 3.05) is 0 Å². The molecule has 1 saturated carbocycles. The maximum absolute atomic E-state index is 13.1. The smallest absolute Gasteiger partial charge is 0.315 e. The van der Waals surface area contributed by atoms with E-state index in [4.69, 9.17) is 21.1 Å². The first kappa shape index (κ1) is 20.5. The highest BCUT2D eigenvalue weighted by atomic mass is 35.5. The molecule has 2 unspecified atom stereocenters. The predicted molar refractivity (Wildman–Crippen MR) is 113 cm³/mol. The molecular formula is C24H23ClFNO3. The van der Waals surface area contributed by atoms with Crippen molar-refractivity contribution in [3.05, 3.63) is 89.0 Å². The lowest BCUT2D eigenvalue weighted by Crippen LogP contribution is -2.14. The number of esters is 1. The number of hydrogen-bond donors (Lipinski definition) is 0. The standard InChI is InChI=1S/C24H23ClFNO3/c1-24(2)21(22(24)30-20-9-7-19(26)8-10-20)23(28)29-15-27-12-11-17(14-27)13-16-3-5-18(25)6-4-16/h3-12,14,21-22H,13,15H2,1-2H3. The van der Waals surface area contributed by atoms with Crippen molar-refractivity contribution < 1.29 is 18.7 Å². The van der Waals surface area contributed by atoms with Gasteiger partial charge in [0.25, 0.3) is 0 Å². The van der Waals surface area contributed by atoms with Crippen LogP contribution in [0.15, 0.2) is 67.0 Å². The third-order valence-corrected chi connectivity index (χ3v) is 5.80. The van der Waals surface area contributed by atoms with Gasteiger partial charge in [-0.1, -0.05) is 37.6 Å². The number of benzene rings is 2. The molecule has 3 aromatic rings. The first-order valence-corrected chi connectivity index (χ1v) is 10.2. The van der Waals surface area contributed by atoms with Gasteiger partial charge in [0, 0.05) is 22.8 Å². The molecule has 1 heterocycles. The van der Waals surface area contributed by atoms with Gasteiger partial charge in [0.15, 0.2) is 6.73 Å². The highest BCUT2D eigenvalue weighted by Gasteiger charge is 2.65. The van der Waals surface area contributed by atoms with Crippen LogP contribution >= 0.6 is 11.6 Å². The van der Waals surface area contributed by atoms with Crippen molar-refractivity contribution in [1.82, 2.24) is 4.57 Å². The van der Waals surface area contributed by atoms with Gasteiger partial charge in [0.2, 0.25) is 0 Å². The monoisotopic (exact) mass is 427 g/mol. The predicted octanol–water partition coefficient (Wildman–Crippen LogP) is 5.48. The highest BCUT2D eigenvalue weighted by molar-refractivity contribution is 6.30. The zero-order valence-electron chi connectivity index (χ0n) is 16.8. The number of rotatable bonds is 7. The highest BCUT2D eigenvalue weighted by Crippen LogP contribution is 2.54. The summed E-state index contributed by atoms with van der Waals surface area (Å²) < 4.78 is 26.3. The van der Waals surface area contributed by atoms with E-state index in [1.54, 1.807) is 12.1 Å². The van der Waals surface area contributed by atoms with E-state index >= 15 is 0 Å². The Bertz CT molecular complexity index is 1030. The Morgan fingerprint density at radius 1 is 1.07 bits per heavy atom. The molecule has 156 valence electrons. The lowest BCUT2D eigenvalue weighted by molar-refractivity contribution is -0.150. The van der Waals surface area contributed by atoms with Crippen molar-refractivity contribution in [3.63, 3.8) is 0 Å². The molecule has 4 nitrogen and oxygen atoms in total. The summed E-state index contributed by atoms with van der Waals surface area (Å²) in [5.74, 6) is -0.427. The van der Waals surface area contributed by atoms with Crippen LogP contribution in [-0.4, -0.2) is 16.6 Å². The van der Waals surface area contributed by atoms with Gasteiger partial charge in [-0.3, -0.25) is 4.79 Å². The Morgan fingerprint density at radius 3 is 2.47 bits per heavy atom. The molecule has 0 aliphatic heterocycles. The maximum Gasteiger partial charge on any atom is 0.315 e. The average molecular weight is 428 g/mol. The summed E-state index contributed by atoms with van der Waals surface area (Å²) in [4.78, 5) is 12.6. The van der Waals surface area contributed by atoms with Gasteiger partial charge in [-0.25, -0.2) is 4.39 Å². The summed E-state index contributed by atoms with van der Waals surface area (Å²) in [6, 6.07) is 15.5. The van der Waals surface area contributed by atoms with Crippen LogP contribution in [-0.2, 0) is 22.7 Å². The third kappa shape index (κ3) is 4.51. The molecular weight excluding hydrogens is 405 g/mol. The van der Waals surface area contributed by atoms with Gasteiger partial charge in [-0.15, -0.1) is 0 Å². The fraction of sp³-hybridized carbons (Fsp3) is 0.292. The van der Waals surface area contributed by atoms with Crippen LogP contribution in [0.4, 0.5) is 4.39 Å². The van der Waals surface area contributed by atoms with Crippen molar-refractivity contribution in [3.8, 4) is 5.75 Å². The number of nitrogens with zero attached hydrogens (tertiary/aromatic N) is 1. The van der Waals surface area contributed by atoms with Gasteiger partial charge in [0.05, 0.1) is 0 Å². The molecule has 0 amide bonds. The van der Waals surface area contributed by atoms with Crippen LogP contribution in [0, 0.1) is 17.2 Å². The molecule has 0 bridgehead atoms. The van der Waals surface area contributed by atoms with Crippen molar-refractivity contribution in [2.45, 2.75) is 33.1 Å². The van der Waals surface area contributed by atoms with E-state index in [0.29, 0.717) is 10.8 Å². The summed E-state index contributed by atoms with van der Waals surface area (Å²) in [5, 5.41) is 0.716. The van der Waals surface area contributed by atoms with E-state index in [1.807, 2.05) is 61.1 Å². The minimum absolute atomic E-state index is 0.148. The molecule has 1 aliphatic rings. The molecule has 0 N–H and O–H groups in total. The maximum atomic E-state index is 13.1.